The Kier molecular flexibility index (Phi) is 3.10. The molecule has 86 valence electrons. The molecule has 0 radical (unpaired) electrons. The largest absolute Gasteiger partial charge is 0.490 e. The topological polar surface area (TPSA) is 64.3 Å². The number of nitrogens with one attached hydrogen (secondary N) is 1. The fourth-order valence-electron chi connectivity index (χ4n) is 1.50. The van der Waals surface area contributed by atoms with Gasteiger partial charge < -0.3 is 15.8 Å². The lowest BCUT2D eigenvalue weighted by atomic mass is 10.1. The molecule has 1 aromatic rings. The van der Waals surface area contributed by atoms with Gasteiger partial charge in [-0.2, -0.15) is 0 Å². The Morgan fingerprint density at radius 3 is 2.88 bits per heavy atom. The summed E-state index contributed by atoms with van der Waals surface area (Å²) < 4.78 is 5.70. The summed E-state index contributed by atoms with van der Waals surface area (Å²) in [5.41, 5.74) is 7.14. The van der Waals surface area contributed by atoms with Crippen molar-refractivity contribution in [2.45, 2.75) is 25.5 Å². The molecule has 2 rings (SSSR count). The number of carbonyl (C=O) groups is 1. The predicted molar refractivity (Wildman–Crippen MR) is 61.4 cm³/mol. The SMILES string of the molecule is CNC(=O)c1ccc(OC2CC2)c(CN)c1. The molecule has 0 bridgehead atoms. The van der Waals surface area contributed by atoms with Crippen molar-refractivity contribution >= 4 is 5.91 Å². The second kappa shape index (κ2) is 4.53. The van der Waals surface area contributed by atoms with Gasteiger partial charge in [-0.05, 0) is 31.0 Å². The van der Waals surface area contributed by atoms with Crippen molar-refractivity contribution in [1.29, 1.82) is 0 Å². The van der Waals surface area contributed by atoms with E-state index in [0.717, 1.165) is 24.2 Å². The highest BCUT2D eigenvalue weighted by atomic mass is 16.5. The molecule has 4 nitrogen and oxygen atoms in total. The molecule has 0 heterocycles. The summed E-state index contributed by atoms with van der Waals surface area (Å²) in [5, 5.41) is 2.58. The minimum Gasteiger partial charge on any atom is -0.490 e. The van der Waals surface area contributed by atoms with E-state index < -0.39 is 0 Å². The van der Waals surface area contributed by atoms with E-state index in [9.17, 15) is 4.79 Å². The lowest BCUT2D eigenvalue weighted by molar-refractivity contribution is 0.0963. The maximum Gasteiger partial charge on any atom is 0.251 e. The van der Waals surface area contributed by atoms with Crippen LogP contribution in [0.2, 0.25) is 0 Å². The fourth-order valence-corrected chi connectivity index (χ4v) is 1.50. The molecule has 1 amide bonds. The van der Waals surface area contributed by atoms with Gasteiger partial charge in [-0.3, -0.25) is 4.79 Å². The predicted octanol–water partition coefficient (Wildman–Crippen LogP) is 1.05. The number of rotatable bonds is 4. The molecule has 0 saturated heterocycles. The number of carbonyl (C=O) groups excluding carboxylic acids is 1. The first-order valence-corrected chi connectivity index (χ1v) is 5.46. The standard InChI is InChI=1S/C12H16N2O2/c1-14-12(15)8-2-5-11(9(6-8)7-13)16-10-3-4-10/h2,5-6,10H,3-4,7,13H2,1H3,(H,14,15). The van der Waals surface area contributed by atoms with E-state index in [0.29, 0.717) is 18.2 Å². The molecule has 0 aliphatic heterocycles. The van der Waals surface area contributed by atoms with Crippen LogP contribution in [0.15, 0.2) is 18.2 Å². The summed E-state index contributed by atoms with van der Waals surface area (Å²) in [5.74, 6) is 0.699. The molecule has 16 heavy (non-hydrogen) atoms. The van der Waals surface area contributed by atoms with Crippen molar-refractivity contribution in [3.8, 4) is 5.75 Å². The maximum absolute atomic E-state index is 11.4. The van der Waals surface area contributed by atoms with Crippen LogP contribution in [0.3, 0.4) is 0 Å². The molecule has 1 fully saturated rings. The number of amides is 1. The van der Waals surface area contributed by atoms with E-state index >= 15 is 0 Å². The first kappa shape index (κ1) is 11.0. The van der Waals surface area contributed by atoms with E-state index in [1.807, 2.05) is 6.07 Å². The highest BCUT2D eigenvalue weighted by Gasteiger charge is 2.24. The first-order valence-electron chi connectivity index (χ1n) is 5.46. The lowest BCUT2D eigenvalue weighted by Crippen LogP contribution is -2.18. The van der Waals surface area contributed by atoms with Crippen LogP contribution in [0.25, 0.3) is 0 Å². The highest BCUT2D eigenvalue weighted by molar-refractivity contribution is 5.94. The molecule has 3 N–H and O–H groups in total. The number of hydrogen-bond donors (Lipinski definition) is 2. The van der Waals surface area contributed by atoms with Gasteiger partial charge in [-0.15, -0.1) is 0 Å². The second-order valence-electron chi connectivity index (χ2n) is 3.92. The van der Waals surface area contributed by atoms with Gasteiger partial charge in [-0.25, -0.2) is 0 Å². The van der Waals surface area contributed by atoms with Gasteiger partial charge in [0, 0.05) is 24.7 Å². The molecular formula is C12H16N2O2. The van der Waals surface area contributed by atoms with Crippen LogP contribution in [0.1, 0.15) is 28.8 Å². The molecule has 1 saturated carbocycles. The van der Waals surface area contributed by atoms with E-state index in [4.69, 9.17) is 10.5 Å². The molecule has 4 heteroatoms. The fraction of sp³-hybridized carbons (Fsp3) is 0.417. The zero-order valence-corrected chi connectivity index (χ0v) is 9.32. The number of hydrogen-bond acceptors (Lipinski definition) is 3. The molecular weight excluding hydrogens is 204 g/mol. The van der Waals surface area contributed by atoms with E-state index in [2.05, 4.69) is 5.32 Å². The van der Waals surface area contributed by atoms with Crippen LogP contribution in [-0.2, 0) is 6.54 Å². The van der Waals surface area contributed by atoms with Gasteiger partial charge in [0.25, 0.3) is 5.91 Å². The normalized spacial score (nSPS) is 14.6. The summed E-state index contributed by atoms with van der Waals surface area (Å²) in [4.78, 5) is 11.4. The molecule has 0 aromatic heterocycles. The molecule has 1 aliphatic rings. The Morgan fingerprint density at radius 2 is 2.31 bits per heavy atom. The Labute approximate surface area is 94.8 Å². The van der Waals surface area contributed by atoms with Crippen molar-refractivity contribution in [3.05, 3.63) is 29.3 Å². The third-order valence-electron chi connectivity index (χ3n) is 2.59. The zero-order valence-electron chi connectivity index (χ0n) is 9.32. The van der Waals surface area contributed by atoms with Gasteiger partial charge in [0.2, 0.25) is 0 Å². The summed E-state index contributed by atoms with van der Waals surface area (Å²) >= 11 is 0. The van der Waals surface area contributed by atoms with E-state index in [1.54, 1.807) is 19.2 Å². The van der Waals surface area contributed by atoms with Crippen LogP contribution in [-0.4, -0.2) is 19.1 Å². The van der Waals surface area contributed by atoms with Crippen molar-refractivity contribution in [3.63, 3.8) is 0 Å². The monoisotopic (exact) mass is 220 g/mol. The van der Waals surface area contributed by atoms with Crippen LogP contribution in [0.4, 0.5) is 0 Å². The molecule has 1 aromatic carbocycles. The average molecular weight is 220 g/mol. The van der Waals surface area contributed by atoms with Gasteiger partial charge >= 0.3 is 0 Å². The second-order valence-corrected chi connectivity index (χ2v) is 3.92. The first-order chi connectivity index (χ1) is 7.74. The van der Waals surface area contributed by atoms with Gasteiger partial charge in [0.1, 0.15) is 5.75 Å². The quantitative estimate of drug-likeness (QED) is 0.797. The van der Waals surface area contributed by atoms with Crippen molar-refractivity contribution in [1.82, 2.24) is 5.32 Å². The zero-order chi connectivity index (χ0) is 11.5. The van der Waals surface area contributed by atoms with Crippen LogP contribution >= 0.6 is 0 Å². The maximum atomic E-state index is 11.4. The summed E-state index contributed by atoms with van der Waals surface area (Å²) in [6, 6.07) is 5.37. The number of ether oxygens (including phenoxy) is 1. The molecule has 0 unspecified atom stereocenters. The summed E-state index contributed by atoms with van der Waals surface area (Å²) in [6.07, 6.45) is 2.57. The van der Waals surface area contributed by atoms with E-state index in [-0.39, 0.29) is 5.91 Å². The lowest BCUT2D eigenvalue weighted by Gasteiger charge is -2.10. The minimum absolute atomic E-state index is 0.104. The third kappa shape index (κ3) is 2.33. The van der Waals surface area contributed by atoms with Crippen molar-refractivity contribution < 1.29 is 9.53 Å². The number of benzene rings is 1. The number of nitrogens with two attached hydrogens (primary N) is 1. The van der Waals surface area contributed by atoms with Gasteiger partial charge in [0.05, 0.1) is 6.10 Å². The Bertz CT molecular complexity index is 400. The Hall–Kier alpha value is -1.55. The Balaban J connectivity index is 2.22. The molecule has 0 spiro atoms. The van der Waals surface area contributed by atoms with Crippen LogP contribution < -0.4 is 15.8 Å². The molecule has 0 atom stereocenters. The average Bonchev–Trinajstić information content (AvgIpc) is 3.12. The minimum atomic E-state index is -0.104. The van der Waals surface area contributed by atoms with Gasteiger partial charge in [0.15, 0.2) is 0 Å². The van der Waals surface area contributed by atoms with Crippen LogP contribution in [0.5, 0.6) is 5.75 Å². The van der Waals surface area contributed by atoms with Crippen molar-refractivity contribution in [2.24, 2.45) is 5.73 Å². The van der Waals surface area contributed by atoms with Crippen molar-refractivity contribution in [2.75, 3.05) is 7.05 Å². The highest BCUT2D eigenvalue weighted by Crippen LogP contribution is 2.29. The smallest absolute Gasteiger partial charge is 0.251 e. The Morgan fingerprint density at radius 1 is 1.56 bits per heavy atom. The van der Waals surface area contributed by atoms with E-state index in [1.165, 1.54) is 0 Å². The van der Waals surface area contributed by atoms with Crippen LogP contribution in [0, 0.1) is 0 Å². The van der Waals surface area contributed by atoms with Gasteiger partial charge in [-0.1, -0.05) is 0 Å². The summed E-state index contributed by atoms with van der Waals surface area (Å²) in [6.45, 7) is 0.382. The molecule has 1 aliphatic carbocycles. The summed E-state index contributed by atoms with van der Waals surface area (Å²) in [7, 11) is 1.61. The third-order valence-corrected chi connectivity index (χ3v) is 2.59.